The summed E-state index contributed by atoms with van der Waals surface area (Å²) in [4.78, 5) is 12.2. The summed E-state index contributed by atoms with van der Waals surface area (Å²) in [7, 11) is -2.25. The molecule has 21 heavy (non-hydrogen) atoms. The van der Waals surface area contributed by atoms with E-state index in [-0.39, 0.29) is 4.90 Å². The third kappa shape index (κ3) is 3.71. The van der Waals surface area contributed by atoms with Crippen LogP contribution >= 0.6 is 15.9 Å². The minimum absolute atomic E-state index is 0.0715. The van der Waals surface area contributed by atoms with Crippen molar-refractivity contribution in [1.29, 1.82) is 0 Å². The van der Waals surface area contributed by atoms with E-state index in [1.54, 1.807) is 36.4 Å². The van der Waals surface area contributed by atoms with Gasteiger partial charge in [0.1, 0.15) is 11.5 Å². The van der Waals surface area contributed by atoms with E-state index in [9.17, 15) is 13.2 Å². The first kappa shape index (κ1) is 15.7. The fraction of sp³-hybridized carbons (Fsp3) is 0.133. The predicted molar refractivity (Wildman–Crippen MR) is 83.5 cm³/mol. The van der Waals surface area contributed by atoms with Crippen molar-refractivity contribution in [2.75, 3.05) is 12.9 Å². The SMILES string of the molecule is COc1cccc(S(=O)(=O)CC(=O)c2ccccc2Br)c1. The lowest BCUT2D eigenvalue weighted by molar-refractivity contribution is 0.102. The third-order valence-electron chi connectivity index (χ3n) is 2.90. The normalized spacial score (nSPS) is 11.1. The summed E-state index contributed by atoms with van der Waals surface area (Å²) in [6, 6.07) is 12.8. The molecule has 0 unspecified atom stereocenters. The number of ketones is 1. The van der Waals surface area contributed by atoms with Gasteiger partial charge in [-0.1, -0.05) is 40.2 Å². The second-order valence-electron chi connectivity index (χ2n) is 4.34. The van der Waals surface area contributed by atoms with Gasteiger partial charge in [-0.3, -0.25) is 4.79 Å². The first-order valence-corrected chi connectivity index (χ1v) is 8.53. The van der Waals surface area contributed by atoms with E-state index in [1.165, 1.54) is 19.2 Å². The van der Waals surface area contributed by atoms with E-state index in [1.807, 2.05) is 0 Å². The van der Waals surface area contributed by atoms with Gasteiger partial charge in [-0.25, -0.2) is 8.42 Å². The topological polar surface area (TPSA) is 60.4 Å². The first-order chi connectivity index (χ1) is 9.94. The van der Waals surface area contributed by atoms with E-state index in [0.29, 0.717) is 15.8 Å². The molecule has 0 fully saturated rings. The van der Waals surface area contributed by atoms with E-state index < -0.39 is 21.4 Å². The summed E-state index contributed by atoms with van der Waals surface area (Å²) in [6.07, 6.45) is 0. The number of sulfone groups is 1. The molecule has 2 rings (SSSR count). The average Bonchev–Trinajstić information content (AvgIpc) is 2.47. The smallest absolute Gasteiger partial charge is 0.185 e. The zero-order chi connectivity index (χ0) is 15.5. The van der Waals surface area contributed by atoms with Crippen LogP contribution in [-0.2, 0) is 9.84 Å². The van der Waals surface area contributed by atoms with Gasteiger partial charge in [0.2, 0.25) is 0 Å². The van der Waals surface area contributed by atoms with Crippen LogP contribution in [0.4, 0.5) is 0 Å². The molecular weight excluding hydrogens is 356 g/mol. The monoisotopic (exact) mass is 368 g/mol. The van der Waals surface area contributed by atoms with Gasteiger partial charge in [0.05, 0.1) is 12.0 Å². The lowest BCUT2D eigenvalue weighted by atomic mass is 10.1. The highest BCUT2D eigenvalue weighted by Gasteiger charge is 2.22. The summed E-state index contributed by atoms with van der Waals surface area (Å²) in [5.41, 5.74) is 0.351. The Kier molecular flexibility index (Phi) is 4.80. The maximum absolute atomic E-state index is 12.3. The van der Waals surface area contributed by atoms with Crippen molar-refractivity contribution in [3.63, 3.8) is 0 Å². The minimum atomic E-state index is -3.71. The molecule has 2 aromatic carbocycles. The summed E-state index contributed by atoms with van der Waals surface area (Å²) in [6.45, 7) is 0. The Bertz CT molecular complexity index is 769. The van der Waals surface area contributed by atoms with Crippen LogP contribution in [0.3, 0.4) is 0 Å². The Morgan fingerprint density at radius 1 is 1.14 bits per heavy atom. The molecule has 0 N–H and O–H groups in total. The third-order valence-corrected chi connectivity index (χ3v) is 5.20. The molecule has 0 amide bonds. The van der Waals surface area contributed by atoms with Gasteiger partial charge < -0.3 is 4.74 Å². The average molecular weight is 369 g/mol. The molecular formula is C15H13BrO4S. The molecule has 0 aliphatic rings. The minimum Gasteiger partial charge on any atom is -0.497 e. The van der Waals surface area contributed by atoms with Crippen LogP contribution in [0, 0.1) is 0 Å². The van der Waals surface area contributed by atoms with Crippen molar-refractivity contribution in [2.45, 2.75) is 4.90 Å². The highest BCUT2D eigenvalue weighted by molar-refractivity contribution is 9.10. The van der Waals surface area contributed by atoms with E-state index in [4.69, 9.17) is 4.74 Å². The van der Waals surface area contributed by atoms with Crippen molar-refractivity contribution in [2.24, 2.45) is 0 Å². The second kappa shape index (κ2) is 6.41. The molecule has 6 heteroatoms. The van der Waals surface area contributed by atoms with Crippen LogP contribution < -0.4 is 4.74 Å². The van der Waals surface area contributed by atoms with Crippen LogP contribution in [0.5, 0.6) is 5.75 Å². The van der Waals surface area contributed by atoms with Crippen molar-refractivity contribution in [3.8, 4) is 5.75 Å². The summed E-state index contributed by atoms with van der Waals surface area (Å²) in [5, 5.41) is 0. The van der Waals surface area contributed by atoms with Crippen molar-refractivity contribution in [1.82, 2.24) is 0 Å². The molecule has 0 aromatic heterocycles. The first-order valence-electron chi connectivity index (χ1n) is 6.08. The Hall–Kier alpha value is -1.66. The molecule has 0 radical (unpaired) electrons. The number of Topliss-reactive ketones (excluding diaryl/α,β-unsaturated/α-hetero) is 1. The number of carbonyl (C=O) groups excluding carboxylic acids is 1. The molecule has 0 spiro atoms. The number of halogens is 1. The molecule has 0 heterocycles. The zero-order valence-electron chi connectivity index (χ0n) is 11.2. The molecule has 110 valence electrons. The Labute approximate surface area is 131 Å². The van der Waals surface area contributed by atoms with Gasteiger partial charge in [-0.2, -0.15) is 0 Å². The number of rotatable bonds is 5. The Morgan fingerprint density at radius 3 is 2.52 bits per heavy atom. The van der Waals surface area contributed by atoms with Crippen LogP contribution in [-0.4, -0.2) is 27.1 Å². The van der Waals surface area contributed by atoms with Gasteiger partial charge in [0, 0.05) is 10.0 Å². The standard InChI is InChI=1S/C15H13BrO4S/c1-20-11-5-4-6-12(9-11)21(18,19)10-15(17)13-7-2-3-8-14(13)16/h2-9H,10H2,1H3. The van der Waals surface area contributed by atoms with Gasteiger partial charge in [0.15, 0.2) is 15.6 Å². The molecule has 0 bridgehead atoms. The number of hydrogen-bond donors (Lipinski definition) is 0. The lowest BCUT2D eigenvalue weighted by Crippen LogP contribution is -2.17. The quantitative estimate of drug-likeness (QED) is 0.760. The number of hydrogen-bond acceptors (Lipinski definition) is 4. The number of ether oxygens (including phenoxy) is 1. The fourth-order valence-electron chi connectivity index (χ4n) is 1.82. The van der Waals surface area contributed by atoms with E-state index >= 15 is 0 Å². The fourth-order valence-corrected chi connectivity index (χ4v) is 3.57. The van der Waals surface area contributed by atoms with Crippen LogP contribution in [0.2, 0.25) is 0 Å². The van der Waals surface area contributed by atoms with Crippen LogP contribution in [0.25, 0.3) is 0 Å². The molecule has 0 atom stereocenters. The summed E-state index contributed by atoms with van der Waals surface area (Å²) >= 11 is 3.25. The highest BCUT2D eigenvalue weighted by Crippen LogP contribution is 2.21. The van der Waals surface area contributed by atoms with Crippen LogP contribution in [0.1, 0.15) is 10.4 Å². The molecule has 0 saturated heterocycles. The molecule has 0 aliphatic carbocycles. The molecule has 4 nitrogen and oxygen atoms in total. The molecule has 0 saturated carbocycles. The highest BCUT2D eigenvalue weighted by atomic mass is 79.9. The van der Waals surface area contributed by atoms with Gasteiger partial charge in [0.25, 0.3) is 0 Å². The van der Waals surface area contributed by atoms with E-state index in [2.05, 4.69) is 15.9 Å². The maximum Gasteiger partial charge on any atom is 0.185 e. The zero-order valence-corrected chi connectivity index (χ0v) is 13.6. The van der Waals surface area contributed by atoms with Crippen molar-refractivity contribution < 1.29 is 17.9 Å². The molecule has 0 aliphatic heterocycles. The Balaban J connectivity index is 2.29. The lowest BCUT2D eigenvalue weighted by Gasteiger charge is -2.07. The second-order valence-corrected chi connectivity index (χ2v) is 7.19. The van der Waals surface area contributed by atoms with E-state index in [0.717, 1.165) is 0 Å². The summed E-state index contributed by atoms with van der Waals surface area (Å²) in [5.74, 6) is -0.599. The number of methoxy groups -OCH3 is 1. The van der Waals surface area contributed by atoms with Crippen LogP contribution in [0.15, 0.2) is 57.9 Å². The van der Waals surface area contributed by atoms with Gasteiger partial charge in [-0.15, -0.1) is 0 Å². The van der Waals surface area contributed by atoms with Gasteiger partial charge >= 0.3 is 0 Å². The Morgan fingerprint density at radius 2 is 1.86 bits per heavy atom. The molecule has 2 aromatic rings. The predicted octanol–water partition coefficient (Wildman–Crippen LogP) is 3.11. The van der Waals surface area contributed by atoms with Crippen molar-refractivity contribution in [3.05, 3.63) is 58.6 Å². The van der Waals surface area contributed by atoms with Crippen molar-refractivity contribution >= 4 is 31.6 Å². The number of carbonyl (C=O) groups is 1. The summed E-state index contributed by atoms with van der Waals surface area (Å²) < 4.78 is 30.2. The maximum atomic E-state index is 12.3. The van der Waals surface area contributed by atoms with Gasteiger partial charge in [-0.05, 0) is 24.3 Å². The largest absolute Gasteiger partial charge is 0.497 e. The number of benzene rings is 2.